The number of piperazine rings is 1. The van der Waals surface area contributed by atoms with E-state index in [1.54, 1.807) is 6.08 Å². The number of carboxylic acids is 1. The highest BCUT2D eigenvalue weighted by atomic mass is 16.4. The number of hydrogen-bond acceptors (Lipinski definition) is 5. The fourth-order valence-electron chi connectivity index (χ4n) is 4.05. The van der Waals surface area contributed by atoms with Gasteiger partial charge in [0.25, 0.3) is 0 Å². The molecule has 2 N–H and O–H groups in total. The monoisotopic (exact) mass is 398 g/mol. The SMILES string of the molecule is CCNCc1ccc(CN2CCN(C3C(C(=O)O)=CC=CN3C(C)C)CC2)cc1. The first-order valence-corrected chi connectivity index (χ1v) is 10.6. The van der Waals surface area contributed by atoms with E-state index in [0.29, 0.717) is 5.57 Å². The van der Waals surface area contributed by atoms with E-state index in [-0.39, 0.29) is 12.2 Å². The van der Waals surface area contributed by atoms with Crippen molar-refractivity contribution in [3.63, 3.8) is 0 Å². The van der Waals surface area contributed by atoms with Crippen molar-refractivity contribution in [1.29, 1.82) is 0 Å². The van der Waals surface area contributed by atoms with Crippen molar-refractivity contribution in [1.82, 2.24) is 20.0 Å². The molecule has 2 aliphatic rings. The van der Waals surface area contributed by atoms with Crippen molar-refractivity contribution in [3.8, 4) is 0 Å². The van der Waals surface area contributed by atoms with Crippen LogP contribution in [0.4, 0.5) is 0 Å². The molecule has 1 saturated heterocycles. The van der Waals surface area contributed by atoms with Crippen LogP contribution in [-0.2, 0) is 17.9 Å². The molecule has 1 atom stereocenters. The van der Waals surface area contributed by atoms with E-state index >= 15 is 0 Å². The van der Waals surface area contributed by atoms with Crippen molar-refractivity contribution < 1.29 is 9.90 Å². The molecule has 0 spiro atoms. The number of allylic oxidation sites excluding steroid dienone is 2. The lowest BCUT2D eigenvalue weighted by molar-refractivity contribution is -0.134. The van der Waals surface area contributed by atoms with Gasteiger partial charge < -0.3 is 15.3 Å². The van der Waals surface area contributed by atoms with E-state index in [1.807, 2.05) is 12.3 Å². The zero-order valence-electron chi connectivity index (χ0n) is 17.8. The van der Waals surface area contributed by atoms with Crippen LogP contribution < -0.4 is 5.32 Å². The molecule has 6 heteroatoms. The second kappa shape index (κ2) is 10.1. The van der Waals surface area contributed by atoms with Crippen molar-refractivity contribution in [2.75, 3.05) is 32.7 Å². The third kappa shape index (κ3) is 5.47. The molecule has 0 radical (unpaired) electrons. The summed E-state index contributed by atoms with van der Waals surface area (Å²) < 4.78 is 0. The van der Waals surface area contributed by atoms with E-state index in [9.17, 15) is 9.90 Å². The summed E-state index contributed by atoms with van der Waals surface area (Å²) in [5, 5.41) is 13.0. The summed E-state index contributed by atoms with van der Waals surface area (Å²) in [6.45, 7) is 12.8. The molecule has 29 heavy (non-hydrogen) atoms. The highest BCUT2D eigenvalue weighted by Gasteiger charge is 2.35. The second-order valence-corrected chi connectivity index (χ2v) is 8.09. The Morgan fingerprint density at radius 1 is 1.14 bits per heavy atom. The molecule has 2 heterocycles. The molecule has 1 aromatic carbocycles. The minimum atomic E-state index is -0.829. The summed E-state index contributed by atoms with van der Waals surface area (Å²) in [4.78, 5) is 18.7. The minimum absolute atomic E-state index is 0.190. The number of rotatable bonds is 8. The molecule has 2 aliphatic heterocycles. The van der Waals surface area contributed by atoms with Gasteiger partial charge in [0.1, 0.15) is 6.17 Å². The third-order valence-electron chi connectivity index (χ3n) is 5.70. The first kappa shape index (κ1) is 21.6. The van der Waals surface area contributed by atoms with Crippen LogP contribution in [-0.4, -0.2) is 70.7 Å². The normalized spacial score (nSPS) is 20.9. The molecule has 1 unspecified atom stereocenters. The molecule has 158 valence electrons. The van der Waals surface area contributed by atoms with Crippen LogP contribution in [0.25, 0.3) is 0 Å². The Bertz CT molecular complexity index is 734. The van der Waals surface area contributed by atoms with Gasteiger partial charge in [-0.25, -0.2) is 4.79 Å². The van der Waals surface area contributed by atoms with Crippen LogP contribution in [0.2, 0.25) is 0 Å². The number of hydrogen-bond donors (Lipinski definition) is 2. The maximum atomic E-state index is 11.8. The number of aliphatic carboxylic acids is 1. The van der Waals surface area contributed by atoms with Gasteiger partial charge in [0.2, 0.25) is 0 Å². The summed E-state index contributed by atoms with van der Waals surface area (Å²) in [6.07, 6.45) is 5.41. The van der Waals surface area contributed by atoms with Gasteiger partial charge in [0.15, 0.2) is 0 Å². The maximum Gasteiger partial charge on any atom is 0.335 e. The summed E-state index contributed by atoms with van der Waals surface area (Å²) in [7, 11) is 0. The fourth-order valence-corrected chi connectivity index (χ4v) is 4.05. The topological polar surface area (TPSA) is 59.1 Å². The minimum Gasteiger partial charge on any atom is -0.478 e. The molecule has 6 nitrogen and oxygen atoms in total. The maximum absolute atomic E-state index is 11.8. The summed E-state index contributed by atoms with van der Waals surface area (Å²) in [5.41, 5.74) is 3.10. The fraction of sp³-hybridized carbons (Fsp3) is 0.522. The number of carbonyl (C=O) groups is 1. The summed E-state index contributed by atoms with van der Waals surface area (Å²) >= 11 is 0. The van der Waals surface area contributed by atoms with Crippen LogP contribution in [0.5, 0.6) is 0 Å². The molecule has 0 bridgehead atoms. The Morgan fingerprint density at radius 3 is 2.38 bits per heavy atom. The lowest BCUT2D eigenvalue weighted by Crippen LogP contribution is -2.57. The molecule has 0 saturated carbocycles. The summed E-state index contributed by atoms with van der Waals surface area (Å²) in [6, 6.07) is 9.09. The van der Waals surface area contributed by atoms with Gasteiger partial charge in [-0.2, -0.15) is 0 Å². The third-order valence-corrected chi connectivity index (χ3v) is 5.70. The molecule has 0 amide bonds. The highest BCUT2D eigenvalue weighted by Crippen LogP contribution is 2.24. The van der Waals surface area contributed by atoms with Gasteiger partial charge in [-0.05, 0) is 43.7 Å². The molecule has 3 rings (SSSR count). The second-order valence-electron chi connectivity index (χ2n) is 8.09. The molecule has 0 aromatic heterocycles. The standard InChI is InChI=1S/C23H34N4O2/c1-4-24-16-19-7-9-20(10-8-19)17-25-12-14-26(15-13-25)22-21(23(28)29)6-5-11-27(22)18(2)3/h5-11,18,22,24H,4,12-17H2,1-3H3,(H,28,29). The van der Waals surface area contributed by atoms with E-state index < -0.39 is 5.97 Å². The van der Waals surface area contributed by atoms with Crippen molar-refractivity contribution >= 4 is 5.97 Å². The van der Waals surface area contributed by atoms with Crippen molar-refractivity contribution in [3.05, 3.63) is 59.3 Å². The van der Waals surface area contributed by atoms with E-state index in [1.165, 1.54) is 11.1 Å². The predicted molar refractivity (Wildman–Crippen MR) is 116 cm³/mol. The Balaban J connectivity index is 1.58. The lowest BCUT2D eigenvalue weighted by Gasteiger charge is -2.46. The van der Waals surface area contributed by atoms with E-state index in [4.69, 9.17) is 0 Å². The molecule has 1 aromatic rings. The number of nitrogens with one attached hydrogen (secondary N) is 1. The summed E-state index contributed by atoms with van der Waals surface area (Å²) in [5.74, 6) is -0.829. The van der Waals surface area contributed by atoms with Crippen molar-refractivity contribution in [2.45, 2.75) is 46.1 Å². The molecular formula is C23H34N4O2. The molecule has 0 aliphatic carbocycles. The van der Waals surface area contributed by atoms with Gasteiger partial charge in [-0.3, -0.25) is 9.80 Å². The average Bonchev–Trinajstić information content (AvgIpc) is 2.73. The van der Waals surface area contributed by atoms with Crippen LogP contribution in [0.1, 0.15) is 31.9 Å². The first-order chi connectivity index (χ1) is 14.0. The first-order valence-electron chi connectivity index (χ1n) is 10.6. The van der Waals surface area contributed by atoms with Crippen LogP contribution in [0, 0.1) is 0 Å². The Labute approximate surface area is 174 Å². The Kier molecular flexibility index (Phi) is 7.47. The van der Waals surface area contributed by atoms with Gasteiger partial charge in [-0.1, -0.05) is 31.2 Å². The van der Waals surface area contributed by atoms with Gasteiger partial charge >= 0.3 is 5.97 Å². The van der Waals surface area contributed by atoms with Gasteiger partial charge in [0.05, 0.1) is 5.57 Å². The smallest absolute Gasteiger partial charge is 0.335 e. The van der Waals surface area contributed by atoms with Crippen LogP contribution >= 0.6 is 0 Å². The predicted octanol–water partition coefficient (Wildman–Crippen LogP) is 2.49. The number of nitrogens with zero attached hydrogens (tertiary/aromatic N) is 3. The highest BCUT2D eigenvalue weighted by molar-refractivity contribution is 5.88. The van der Waals surface area contributed by atoms with Gasteiger partial charge in [-0.15, -0.1) is 0 Å². The molecular weight excluding hydrogens is 364 g/mol. The zero-order chi connectivity index (χ0) is 20.8. The Morgan fingerprint density at radius 2 is 1.79 bits per heavy atom. The lowest BCUT2D eigenvalue weighted by atomic mass is 10.0. The Hall–Kier alpha value is -2.15. The zero-order valence-corrected chi connectivity index (χ0v) is 17.8. The molecule has 1 fully saturated rings. The van der Waals surface area contributed by atoms with Crippen LogP contribution in [0.15, 0.2) is 48.2 Å². The van der Waals surface area contributed by atoms with Gasteiger partial charge in [0, 0.05) is 51.5 Å². The van der Waals surface area contributed by atoms with Crippen LogP contribution in [0.3, 0.4) is 0 Å². The van der Waals surface area contributed by atoms with E-state index in [0.717, 1.165) is 45.8 Å². The number of benzene rings is 1. The van der Waals surface area contributed by atoms with Crippen molar-refractivity contribution in [2.24, 2.45) is 0 Å². The largest absolute Gasteiger partial charge is 0.478 e. The quantitative estimate of drug-likeness (QED) is 0.702. The number of carboxylic acid groups (broad SMARTS) is 1. The average molecular weight is 399 g/mol. The van der Waals surface area contributed by atoms with E-state index in [2.05, 4.69) is 65.1 Å².